The molecule has 0 amide bonds. The van der Waals surface area contributed by atoms with Crippen LogP contribution in [0.25, 0.3) is 10.9 Å². The molecule has 0 aliphatic heterocycles. The predicted octanol–water partition coefficient (Wildman–Crippen LogP) is 3.28. The molecule has 0 saturated heterocycles. The summed E-state index contributed by atoms with van der Waals surface area (Å²) in [5.74, 6) is 1.43. The summed E-state index contributed by atoms with van der Waals surface area (Å²) in [5, 5.41) is 1.18. The number of benzene rings is 1. The van der Waals surface area contributed by atoms with Crippen LogP contribution in [0.3, 0.4) is 0 Å². The zero-order chi connectivity index (χ0) is 11.8. The standard InChI is InChI=1S/C15H18N2/c1-10(11-4-5-11)15(16)13-6-7-14-12(9-13)3-2-8-17-14/h2-3,6-11,15H,4-5,16H2,1H3. The van der Waals surface area contributed by atoms with Crippen molar-refractivity contribution >= 4 is 10.9 Å². The third-order valence-corrected chi connectivity index (χ3v) is 3.94. The van der Waals surface area contributed by atoms with Gasteiger partial charge in [0, 0.05) is 17.6 Å². The predicted molar refractivity (Wildman–Crippen MR) is 70.6 cm³/mol. The van der Waals surface area contributed by atoms with E-state index in [1.54, 1.807) is 0 Å². The molecule has 2 aromatic rings. The third kappa shape index (κ3) is 2.05. The van der Waals surface area contributed by atoms with Gasteiger partial charge in [0.05, 0.1) is 5.52 Å². The summed E-state index contributed by atoms with van der Waals surface area (Å²) in [5.41, 5.74) is 8.63. The van der Waals surface area contributed by atoms with Crippen molar-refractivity contribution in [1.29, 1.82) is 0 Å². The molecule has 1 fully saturated rings. The van der Waals surface area contributed by atoms with E-state index in [-0.39, 0.29) is 6.04 Å². The summed E-state index contributed by atoms with van der Waals surface area (Å²) in [6.45, 7) is 2.27. The first-order chi connectivity index (χ1) is 8.25. The minimum Gasteiger partial charge on any atom is -0.324 e. The number of hydrogen-bond acceptors (Lipinski definition) is 2. The Morgan fingerprint density at radius 1 is 1.29 bits per heavy atom. The molecule has 1 aliphatic rings. The molecule has 1 saturated carbocycles. The number of nitrogens with two attached hydrogens (primary N) is 1. The van der Waals surface area contributed by atoms with Crippen LogP contribution in [-0.4, -0.2) is 4.98 Å². The SMILES string of the molecule is CC(C1CC1)C(N)c1ccc2ncccc2c1. The summed E-state index contributed by atoms with van der Waals surface area (Å²) in [6.07, 6.45) is 4.53. The monoisotopic (exact) mass is 226 g/mol. The highest BCUT2D eigenvalue weighted by molar-refractivity contribution is 5.79. The molecule has 1 aromatic carbocycles. The zero-order valence-corrected chi connectivity index (χ0v) is 10.1. The lowest BCUT2D eigenvalue weighted by molar-refractivity contribution is 0.417. The Labute approximate surface area is 102 Å². The molecule has 88 valence electrons. The lowest BCUT2D eigenvalue weighted by atomic mass is 9.91. The van der Waals surface area contributed by atoms with E-state index in [0.717, 1.165) is 11.4 Å². The molecule has 1 aromatic heterocycles. The van der Waals surface area contributed by atoms with Gasteiger partial charge in [0.2, 0.25) is 0 Å². The maximum Gasteiger partial charge on any atom is 0.0702 e. The average Bonchev–Trinajstić information content (AvgIpc) is 3.21. The van der Waals surface area contributed by atoms with E-state index in [1.165, 1.54) is 23.8 Å². The lowest BCUT2D eigenvalue weighted by Gasteiger charge is -2.20. The topological polar surface area (TPSA) is 38.9 Å². The Kier molecular flexibility index (Phi) is 2.60. The maximum absolute atomic E-state index is 6.35. The van der Waals surface area contributed by atoms with Gasteiger partial charge in [-0.3, -0.25) is 4.98 Å². The third-order valence-electron chi connectivity index (χ3n) is 3.94. The quantitative estimate of drug-likeness (QED) is 0.872. The summed E-state index contributed by atoms with van der Waals surface area (Å²) in [6, 6.07) is 10.6. The lowest BCUT2D eigenvalue weighted by Crippen LogP contribution is -2.20. The van der Waals surface area contributed by atoms with Crippen LogP contribution in [0.5, 0.6) is 0 Å². The second-order valence-corrected chi connectivity index (χ2v) is 5.18. The van der Waals surface area contributed by atoms with Crippen LogP contribution in [0.15, 0.2) is 36.5 Å². The van der Waals surface area contributed by atoms with Crippen molar-refractivity contribution in [2.75, 3.05) is 0 Å². The van der Waals surface area contributed by atoms with Crippen molar-refractivity contribution in [2.45, 2.75) is 25.8 Å². The zero-order valence-electron chi connectivity index (χ0n) is 10.1. The van der Waals surface area contributed by atoms with Crippen molar-refractivity contribution in [3.8, 4) is 0 Å². The van der Waals surface area contributed by atoms with E-state index in [0.29, 0.717) is 5.92 Å². The van der Waals surface area contributed by atoms with Gasteiger partial charge in [-0.25, -0.2) is 0 Å². The molecule has 2 atom stereocenters. The smallest absolute Gasteiger partial charge is 0.0702 e. The van der Waals surface area contributed by atoms with E-state index in [2.05, 4.69) is 36.2 Å². The minimum atomic E-state index is 0.159. The van der Waals surface area contributed by atoms with Crippen molar-refractivity contribution < 1.29 is 0 Å². The molecule has 0 radical (unpaired) electrons. The Hall–Kier alpha value is -1.41. The molecule has 2 heteroatoms. The van der Waals surface area contributed by atoms with Crippen molar-refractivity contribution in [3.63, 3.8) is 0 Å². The van der Waals surface area contributed by atoms with Gasteiger partial charge in [-0.2, -0.15) is 0 Å². The van der Waals surface area contributed by atoms with Gasteiger partial charge in [0.1, 0.15) is 0 Å². The van der Waals surface area contributed by atoms with Crippen molar-refractivity contribution in [2.24, 2.45) is 17.6 Å². The fourth-order valence-corrected chi connectivity index (χ4v) is 2.52. The van der Waals surface area contributed by atoms with Gasteiger partial charge in [-0.05, 0) is 48.4 Å². The van der Waals surface area contributed by atoms with Gasteiger partial charge >= 0.3 is 0 Å². The van der Waals surface area contributed by atoms with Crippen LogP contribution in [0.1, 0.15) is 31.4 Å². The second kappa shape index (κ2) is 4.11. The van der Waals surface area contributed by atoms with Gasteiger partial charge in [-0.15, -0.1) is 0 Å². The van der Waals surface area contributed by atoms with Gasteiger partial charge in [-0.1, -0.05) is 19.1 Å². The Morgan fingerprint density at radius 3 is 2.88 bits per heavy atom. The van der Waals surface area contributed by atoms with Crippen molar-refractivity contribution in [1.82, 2.24) is 4.98 Å². The molecule has 0 bridgehead atoms. The number of aromatic nitrogens is 1. The highest BCUT2D eigenvalue weighted by Gasteiger charge is 2.32. The molecule has 1 heterocycles. The largest absolute Gasteiger partial charge is 0.324 e. The number of fused-ring (bicyclic) bond motifs is 1. The van der Waals surface area contributed by atoms with Crippen molar-refractivity contribution in [3.05, 3.63) is 42.1 Å². The fraction of sp³-hybridized carbons (Fsp3) is 0.400. The van der Waals surface area contributed by atoms with Crippen LogP contribution in [-0.2, 0) is 0 Å². The molecule has 0 spiro atoms. The fourth-order valence-electron chi connectivity index (χ4n) is 2.52. The highest BCUT2D eigenvalue weighted by Crippen LogP contribution is 2.41. The molecular weight excluding hydrogens is 208 g/mol. The number of hydrogen-bond donors (Lipinski definition) is 1. The summed E-state index contributed by atoms with van der Waals surface area (Å²) < 4.78 is 0. The first kappa shape index (κ1) is 10.7. The highest BCUT2D eigenvalue weighted by atomic mass is 14.7. The van der Waals surface area contributed by atoms with Gasteiger partial charge < -0.3 is 5.73 Å². The first-order valence-corrected chi connectivity index (χ1v) is 6.36. The Morgan fingerprint density at radius 2 is 2.12 bits per heavy atom. The number of nitrogens with zero attached hydrogens (tertiary/aromatic N) is 1. The van der Waals surface area contributed by atoms with E-state index in [9.17, 15) is 0 Å². The number of pyridine rings is 1. The minimum absolute atomic E-state index is 0.159. The van der Waals surface area contributed by atoms with E-state index < -0.39 is 0 Å². The second-order valence-electron chi connectivity index (χ2n) is 5.18. The Balaban J connectivity index is 1.93. The van der Waals surface area contributed by atoms with Crippen LogP contribution >= 0.6 is 0 Å². The Bertz CT molecular complexity index is 531. The molecule has 1 aliphatic carbocycles. The summed E-state index contributed by atoms with van der Waals surface area (Å²) >= 11 is 0. The molecule has 3 rings (SSSR count). The molecule has 2 nitrogen and oxygen atoms in total. The van der Waals surface area contributed by atoms with E-state index in [1.807, 2.05) is 12.3 Å². The molecule has 17 heavy (non-hydrogen) atoms. The van der Waals surface area contributed by atoms with Crippen LogP contribution < -0.4 is 5.73 Å². The van der Waals surface area contributed by atoms with E-state index >= 15 is 0 Å². The first-order valence-electron chi connectivity index (χ1n) is 6.36. The van der Waals surface area contributed by atoms with E-state index in [4.69, 9.17) is 5.73 Å². The molecule has 2 N–H and O–H groups in total. The normalized spacial score (nSPS) is 19.2. The maximum atomic E-state index is 6.35. The van der Waals surface area contributed by atoms with Gasteiger partial charge in [0.25, 0.3) is 0 Å². The van der Waals surface area contributed by atoms with Gasteiger partial charge in [0.15, 0.2) is 0 Å². The molecule has 2 unspecified atom stereocenters. The average molecular weight is 226 g/mol. The van der Waals surface area contributed by atoms with Crippen LogP contribution in [0, 0.1) is 11.8 Å². The summed E-state index contributed by atoms with van der Waals surface area (Å²) in [4.78, 5) is 4.33. The summed E-state index contributed by atoms with van der Waals surface area (Å²) in [7, 11) is 0. The number of rotatable bonds is 3. The molecular formula is C15H18N2. The van der Waals surface area contributed by atoms with Crippen LogP contribution in [0.2, 0.25) is 0 Å². The van der Waals surface area contributed by atoms with Crippen LogP contribution in [0.4, 0.5) is 0 Å².